The molecule has 0 saturated carbocycles. The topological polar surface area (TPSA) is 63.2 Å². The highest BCUT2D eigenvalue weighted by Gasteiger charge is 2.27. The number of fused-ring (bicyclic) bond motifs is 1. The van der Waals surface area contributed by atoms with Gasteiger partial charge >= 0.3 is 0 Å². The van der Waals surface area contributed by atoms with E-state index in [1.54, 1.807) is 24.5 Å². The van der Waals surface area contributed by atoms with Crippen LogP contribution in [0.25, 0.3) is 10.9 Å². The van der Waals surface area contributed by atoms with E-state index in [0.29, 0.717) is 10.9 Å². The van der Waals surface area contributed by atoms with E-state index in [0.717, 1.165) is 42.5 Å². The number of sulfone groups is 1. The van der Waals surface area contributed by atoms with Gasteiger partial charge in [-0.2, -0.15) is 0 Å². The third-order valence-corrected chi connectivity index (χ3v) is 6.09. The van der Waals surface area contributed by atoms with Gasteiger partial charge in [-0.15, -0.1) is 0 Å². The Morgan fingerprint density at radius 2 is 1.92 bits per heavy atom. The predicted molar refractivity (Wildman–Crippen MR) is 103 cm³/mol. The van der Waals surface area contributed by atoms with Crippen molar-refractivity contribution in [2.45, 2.75) is 30.2 Å². The quantitative estimate of drug-likeness (QED) is 0.708. The molecule has 1 atom stereocenters. The number of benzene rings is 2. The van der Waals surface area contributed by atoms with Crippen LogP contribution in [-0.2, 0) is 16.3 Å². The molecule has 0 amide bonds. The summed E-state index contributed by atoms with van der Waals surface area (Å²) < 4.78 is 23.9. The molecule has 0 aliphatic carbocycles. The first-order chi connectivity index (χ1) is 12.5. The lowest BCUT2D eigenvalue weighted by molar-refractivity contribution is 0.602. The summed E-state index contributed by atoms with van der Waals surface area (Å²) in [6.45, 7) is 0.923. The Morgan fingerprint density at radius 1 is 1.12 bits per heavy atom. The van der Waals surface area contributed by atoms with Crippen molar-refractivity contribution in [2.24, 2.45) is 0 Å². The molecule has 26 heavy (non-hydrogen) atoms. The summed E-state index contributed by atoms with van der Waals surface area (Å²) in [5, 5.41) is 0.801. The smallest absolute Gasteiger partial charge is 0.175 e. The molecular weight excluding hydrogens is 346 g/mol. The molecule has 3 aromatic rings. The van der Waals surface area contributed by atoms with E-state index in [1.807, 2.05) is 6.07 Å². The fraction of sp³-hybridized carbons (Fsp3) is 0.300. The molecule has 1 aromatic heterocycles. The van der Waals surface area contributed by atoms with Gasteiger partial charge in [-0.05, 0) is 43.0 Å². The first-order valence-corrected chi connectivity index (χ1v) is 10.7. The maximum absolute atomic E-state index is 12.0. The molecule has 0 N–H and O–H groups in total. The van der Waals surface area contributed by atoms with Crippen molar-refractivity contribution in [1.82, 2.24) is 9.97 Å². The summed E-state index contributed by atoms with van der Waals surface area (Å²) in [5.74, 6) is 0.832. The molecular formula is C20H21N3O2S. The van der Waals surface area contributed by atoms with Crippen LogP contribution >= 0.6 is 0 Å². The number of aromatic nitrogens is 2. The van der Waals surface area contributed by atoms with Crippen molar-refractivity contribution in [2.75, 3.05) is 17.7 Å². The molecule has 1 aliphatic heterocycles. The third-order valence-electron chi connectivity index (χ3n) is 4.98. The predicted octanol–water partition coefficient (Wildman–Crippen LogP) is 3.24. The van der Waals surface area contributed by atoms with Crippen molar-refractivity contribution < 1.29 is 8.42 Å². The summed E-state index contributed by atoms with van der Waals surface area (Å²) >= 11 is 0. The first-order valence-electron chi connectivity index (χ1n) is 8.78. The van der Waals surface area contributed by atoms with E-state index in [-0.39, 0.29) is 0 Å². The van der Waals surface area contributed by atoms with Gasteiger partial charge < -0.3 is 4.90 Å². The molecule has 1 fully saturated rings. The van der Waals surface area contributed by atoms with Crippen LogP contribution in [-0.4, -0.2) is 37.2 Å². The molecule has 1 unspecified atom stereocenters. The van der Waals surface area contributed by atoms with Crippen LogP contribution < -0.4 is 4.90 Å². The molecule has 1 aliphatic rings. The van der Waals surface area contributed by atoms with Crippen molar-refractivity contribution in [3.63, 3.8) is 0 Å². The Labute approximate surface area is 153 Å². The van der Waals surface area contributed by atoms with Crippen molar-refractivity contribution >= 4 is 26.6 Å². The number of nitrogens with zero attached hydrogens (tertiary/aromatic N) is 3. The Kier molecular flexibility index (Phi) is 4.36. The standard InChI is InChI=1S/C20H21N3O2S/c1-26(24,25)17-9-10-19-18(13-17)20(22-14-21-19)23-11-5-8-16(23)12-15-6-3-2-4-7-15/h2-4,6-7,9-10,13-14,16H,5,8,11-12H2,1H3. The van der Waals surface area contributed by atoms with Crippen molar-refractivity contribution in [3.05, 3.63) is 60.4 Å². The number of anilines is 1. The van der Waals surface area contributed by atoms with E-state index in [4.69, 9.17) is 0 Å². The molecule has 134 valence electrons. The van der Waals surface area contributed by atoms with Gasteiger partial charge in [0.1, 0.15) is 12.1 Å². The lowest BCUT2D eigenvalue weighted by atomic mass is 10.0. The molecule has 0 spiro atoms. The van der Waals surface area contributed by atoms with Crippen LogP contribution in [0.3, 0.4) is 0 Å². The number of hydrogen-bond acceptors (Lipinski definition) is 5. The Hall–Kier alpha value is -2.47. The van der Waals surface area contributed by atoms with Gasteiger partial charge in [-0.3, -0.25) is 0 Å². The second-order valence-electron chi connectivity index (χ2n) is 6.83. The largest absolute Gasteiger partial charge is 0.353 e. The van der Waals surface area contributed by atoms with E-state index >= 15 is 0 Å². The highest BCUT2D eigenvalue weighted by molar-refractivity contribution is 7.90. The molecule has 0 radical (unpaired) electrons. The molecule has 1 saturated heterocycles. The summed E-state index contributed by atoms with van der Waals surface area (Å²) in [5.41, 5.74) is 2.08. The monoisotopic (exact) mass is 367 g/mol. The highest BCUT2D eigenvalue weighted by Crippen LogP contribution is 2.32. The van der Waals surface area contributed by atoms with E-state index in [2.05, 4.69) is 39.1 Å². The van der Waals surface area contributed by atoms with Crippen LogP contribution in [0.15, 0.2) is 59.8 Å². The SMILES string of the molecule is CS(=O)(=O)c1ccc2ncnc(N3CCCC3Cc3ccccc3)c2c1. The minimum atomic E-state index is -3.27. The average molecular weight is 367 g/mol. The van der Waals surface area contributed by atoms with Gasteiger partial charge in [-0.1, -0.05) is 30.3 Å². The molecule has 6 heteroatoms. The van der Waals surface area contributed by atoms with Crippen molar-refractivity contribution in [3.8, 4) is 0 Å². The van der Waals surface area contributed by atoms with Gasteiger partial charge in [0.25, 0.3) is 0 Å². The first kappa shape index (κ1) is 17.0. The lowest BCUT2D eigenvalue weighted by Crippen LogP contribution is -2.32. The molecule has 4 rings (SSSR count). The second kappa shape index (κ2) is 6.68. The average Bonchev–Trinajstić information content (AvgIpc) is 3.08. The van der Waals surface area contributed by atoms with Gasteiger partial charge in [0.05, 0.1) is 10.4 Å². The zero-order valence-electron chi connectivity index (χ0n) is 14.7. The molecule has 0 bridgehead atoms. The maximum Gasteiger partial charge on any atom is 0.175 e. The molecule has 2 aromatic carbocycles. The van der Waals surface area contributed by atoms with Crippen LogP contribution in [0.5, 0.6) is 0 Å². The van der Waals surface area contributed by atoms with Gasteiger partial charge in [0.2, 0.25) is 0 Å². The van der Waals surface area contributed by atoms with Crippen molar-refractivity contribution in [1.29, 1.82) is 0 Å². The fourth-order valence-corrected chi connectivity index (χ4v) is 4.34. The van der Waals surface area contributed by atoms with Gasteiger partial charge in [0, 0.05) is 24.2 Å². The summed E-state index contributed by atoms with van der Waals surface area (Å²) in [6, 6.07) is 15.9. The summed E-state index contributed by atoms with van der Waals surface area (Å²) in [4.78, 5) is 11.5. The fourth-order valence-electron chi connectivity index (χ4n) is 3.69. The van der Waals surface area contributed by atoms with Gasteiger partial charge in [0.15, 0.2) is 9.84 Å². The maximum atomic E-state index is 12.0. The minimum Gasteiger partial charge on any atom is -0.353 e. The van der Waals surface area contributed by atoms with Crippen LogP contribution in [0.2, 0.25) is 0 Å². The Morgan fingerprint density at radius 3 is 2.69 bits per heavy atom. The van der Waals surface area contributed by atoms with Gasteiger partial charge in [-0.25, -0.2) is 18.4 Å². The number of hydrogen-bond donors (Lipinski definition) is 0. The zero-order valence-corrected chi connectivity index (χ0v) is 15.5. The zero-order chi connectivity index (χ0) is 18.1. The van der Waals surface area contributed by atoms with Crippen LogP contribution in [0.4, 0.5) is 5.82 Å². The Balaban J connectivity index is 1.75. The van der Waals surface area contributed by atoms with Crippen LogP contribution in [0, 0.1) is 0 Å². The summed E-state index contributed by atoms with van der Waals surface area (Å²) in [6.07, 6.45) is 5.96. The third kappa shape index (κ3) is 3.29. The minimum absolute atomic E-state index is 0.305. The molecule has 2 heterocycles. The van der Waals surface area contributed by atoms with E-state index in [1.165, 1.54) is 11.8 Å². The summed E-state index contributed by atoms with van der Waals surface area (Å²) in [7, 11) is -3.27. The Bertz CT molecular complexity index is 1040. The van der Waals surface area contributed by atoms with E-state index < -0.39 is 9.84 Å². The normalized spacial score (nSPS) is 17.7. The number of rotatable bonds is 4. The second-order valence-corrected chi connectivity index (χ2v) is 8.84. The lowest BCUT2D eigenvalue weighted by Gasteiger charge is -2.27. The van der Waals surface area contributed by atoms with E-state index in [9.17, 15) is 8.42 Å². The molecule has 5 nitrogen and oxygen atoms in total. The highest BCUT2D eigenvalue weighted by atomic mass is 32.2. The van der Waals surface area contributed by atoms with Crippen LogP contribution in [0.1, 0.15) is 18.4 Å².